The largest absolute Gasteiger partial charge is 0.351 e. The summed E-state index contributed by atoms with van der Waals surface area (Å²) in [4.78, 5) is 37.6. The summed E-state index contributed by atoms with van der Waals surface area (Å²) in [5.74, 6) is 2.71. The molecule has 0 unspecified atom stereocenters. The fraction of sp³-hybridized carbons (Fsp3) is 0.571. The van der Waals surface area contributed by atoms with Gasteiger partial charge in [-0.05, 0) is 67.9 Å². The minimum Gasteiger partial charge on any atom is -0.351 e. The average molecular weight is 367 g/mol. The Morgan fingerprint density at radius 1 is 0.963 bits per heavy atom. The highest BCUT2D eigenvalue weighted by atomic mass is 16.2. The second kappa shape index (κ2) is 6.08. The molecule has 4 fully saturated rings. The molecular weight excluding hydrogens is 342 g/mol. The van der Waals surface area contributed by atoms with Crippen LogP contribution in [0.4, 0.5) is 0 Å². The van der Waals surface area contributed by atoms with E-state index in [4.69, 9.17) is 0 Å². The highest BCUT2D eigenvalue weighted by Crippen LogP contribution is 2.53. The predicted octanol–water partition coefficient (Wildman–Crippen LogP) is 1.64. The third kappa shape index (κ3) is 2.65. The fourth-order valence-electron chi connectivity index (χ4n) is 6.15. The van der Waals surface area contributed by atoms with Gasteiger partial charge < -0.3 is 9.88 Å². The van der Waals surface area contributed by atoms with Crippen molar-refractivity contribution in [3.05, 3.63) is 45.0 Å². The monoisotopic (exact) mass is 367 g/mol. The van der Waals surface area contributed by atoms with E-state index >= 15 is 0 Å². The molecule has 4 aliphatic carbocycles. The Hall–Kier alpha value is -2.37. The van der Waals surface area contributed by atoms with E-state index in [2.05, 4.69) is 5.32 Å². The van der Waals surface area contributed by atoms with Crippen LogP contribution in [0.2, 0.25) is 0 Å². The molecule has 1 aromatic carbocycles. The first-order valence-corrected chi connectivity index (χ1v) is 9.99. The standard InChI is InChI=1S/C21H25N3O3/c1-23-16-4-2-3-5-17(16)24(21(27)20(23)26)11-18(25)22-19-14-7-12-6-13(9-14)10-15(19)8-12/h2-5,12-15,19H,6-11H2,1H3,(H,22,25). The highest BCUT2D eigenvalue weighted by Gasteiger charge is 2.48. The van der Waals surface area contributed by atoms with Crippen molar-refractivity contribution in [1.82, 2.24) is 14.5 Å². The Balaban J connectivity index is 1.42. The number of benzene rings is 1. The van der Waals surface area contributed by atoms with Gasteiger partial charge in [0.05, 0.1) is 11.0 Å². The van der Waals surface area contributed by atoms with Crippen LogP contribution in [0.15, 0.2) is 33.9 Å². The van der Waals surface area contributed by atoms with E-state index in [0.29, 0.717) is 22.9 Å². The molecule has 142 valence electrons. The van der Waals surface area contributed by atoms with E-state index < -0.39 is 11.1 Å². The van der Waals surface area contributed by atoms with Gasteiger partial charge in [0.1, 0.15) is 6.54 Å². The van der Waals surface area contributed by atoms with Gasteiger partial charge >= 0.3 is 11.1 Å². The molecule has 0 aliphatic heterocycles. The number of aryl methyl sites for hydroxylation is 1. The Labute approximate surface area is 157 Å². The van der Waals surface area contributed by atoms with Crippen molar-refractivity contribution in [3.8, 4) is 0 Å². The summed E-state index contributed by atoms with van der Waals surface area (Å²) in [7, 11) is 1.59. The van der Waals surface area contributed by atoms with E-state index in [0.717, 1.165) is 11.8 Å². The second-order valence-corrected chi connectivity index (χ2v) is 8.77. The number of hydrogen-bond acceptors (Lipinski definition) is 3. The lowest BCUT2D eigenvalue weighted by atomic mass is 9.54. The molecule has 0 radical (unpaired) electrons. The smallest absolute Gasteiger partial charge is 0.317 e. The first kappa shape index (κ1) is 16.8. The number of carbonyl (C=O) groups excluding carboxylic acids is 1. The zero-order valence-electron chi connectivity index (χ0n) is 15.6. The number of carbonyl (C=O) groups is 1. The number of fused-ring (bicyclic) bond motifs is 1. The SMILES string of the molecule is Cn1c(=O)c(=O)n(CC(=O)NC2C3CC4CC(C3)CC2C4)c2ccccc21. The summed E-state index contributed by atoms with van der Waals surface area (Å²) >= 11 is 0. The molecule has 0 saturated heterocycles. The molecule has 0 atom stereocenters. The van der Waals surface area contributed by atoms with Gasteiger partial charge in [-0.25, -0.2) is 0 Å². The maximum absolute atomic E-state index is 12.8. The molecule has 1 N–H and O–H groups in total. The summed E-state index contributed by atoms with van der Waals surface area (Å²) in [6.07, 6.45) is 6.29. The number of nitrogens with zero attached hydrogens (tertiary/aromatic N) is 2. The Morgan fingerprint density at radius 3 is 2.19 bits per heavy atom. The molecule has 1 amide bonds. The fourth-order valence-corrected chi connectivity index (χ4v) is 6.15. The molecule has 4 saturated carbocycles. The van der Waals surface area contributed by atoms with E-state index in [-0.39, 0.29) is 18.5 Å². The van der Waals surface area contributed by atoms with Crippen LogP contribution >= 0.6 is 0 Å². The summed E-state index contributed by atoms with van der Waals surface area (Å²) < 4.78 is 2.67. The zero-order chi connectivity index (χ0) is 18.7. The topological polar surface area (TPSA) is 73.1 Å². The lowest BCUT2D eigenvalue weighted by Gasteiger charge is -2.54. The zero-order valence-corrected chi connectivity index (χ0v) is 15.6. The third-order valence-corrected chi connectivity index (χ3v) is 7.12. The van der Waals surface area contributed by atoms with Gasteiger partial charge in [-0.2, -0.15) is 0 Å². The number of hydrogen-bond donors (Lipinski definition) is 1. The molecule has 4 bridgehead atoms. The molecular formula is C21H25N3O3. The summed E-state index contributed by atoms with van der Waals surface area (Å²) in [5, 5.41) is 3.23. The lowest BCUT2D eigenvalue weighted by molar-refractivity contribution is -0.125. The van der Waals surface area contributed by atoms with Crippen molar-refractivity contribution in [3.63, 3.8) is 0 Å². The van der Waals surface area contributed by atoms with Crippen molar-refractivity contribution in [1.29, 1.82) is 0 Å². The molecule has 4 aliphatic rings. The summed E-state index contributed by atoms with van der Waals surface area (Å²) in [6.45, 7) is -0.0990. The predicted molar refractivity (Wildman–Crippen MR) is 102 cm³/mol. The molecule has 2 aromatic rings. The Kier molecular flexibility index (Phi) is 3.78. The van der Waals surface area contributed by atoms with Crippen LogP contribution in [0.3, 0.4) is 0 Å². The first-order valence-electron chi connectivity index (χ1n) is 9.99. The number of rotatable bonds is 3. The minimum atomic E-state index is -0.642. The van der Waals surface area contributed by atoms with Gasteiger partial charge in [0.2, 0.25) is 5.91 Å². The van der Waals surface area contributed by atoms with Gasteiger partial charge in [-0.15, -0.1) is 0 Å². The molecule has 0 spiro atoms. The van der Waals surface area contributed by atoms with E-state index in [1.807, 2.05) is 12.1 Å². The third-order valence-electron chi connectivity index (χ3n) is 7.12. The molecule has 6 rings (SSSR count). The van der Waals surface area contributed by atoms with Gasteiger partial charge in [-0.1, -0.05) is 12.1 Å². The molecule has 27 heavy (non-hydrogen) atoms. The van der Waals surface area contributed by atoms with E-state index in [1.165, 1.54) is 41.2 Å². The molecule has 1 heterocycles. The number of para-hydroxylation sites is 2. The first-order chi connectivity index (χ1) is 13.0. The Bertz CT molecular complexity index is 1010. The average Bonchev–Trinajstić information content (AvgIpc) is 2.66. The van der Waals surface area contributed by atoms with Crippen LogP contribution in [0, 0.1) is 23.7 Å². The second-order valence-electron chi connectivity index (χ2n) is 8.77. The van der Waals surface area contributed by atoms with Crippen molar-refractivity contribution in [2.75, 3.05) is 0 Å². The van der Waals surface area contributed by atoms with Crippen molar-refractivity contribution in [2.45, 2.75) is 44.7 Å². The van der Waals surface area contributed by atoms with E-state index in [9.17, 15) is 14.4 Å². The summed E-state index contributed by atoms with van der Waals surface area (Å²) in [6, 6.07) is 7.46. The maximum Gasteiger partial charge on any atom is 0.317 e. The molecule has 6 nitrogen and oxygen atoms in total. The molecule has 6 heteroatoms. The van der Waals surface area contributed by atoms with Crippen molar-refractivity contribution >= 4 is 16.9 Å². The van der Waals surface area contributed by atoms with Crippen LogP contribution in [0.1, 0.15) is 32.1 Å². The number of nitrogens with one attached hydrogen (secondary N) is 1. The van der Waals surface area contributed by atoms with E-state index in [1.54, 1.807) is 19.2 Å². The van der Waals surface area contributed by atoms with Crippen LogP contribution in [-0.2, 0) is 18.4 Å². The number of amides is 1. The van der Waals surface area contributed by atoms with Gasteiger partial charge in [0.15, 0.2) is 0 Å². The lowest BCUT2D eigenvalue weighted by Crippen LogP contribution is -2.56. The van der Waals surface area contributed by atoms with Crippen molar-refractivity contribution in [2.24, 2.45) is 30.7 Å². The van der Waals surface area contributed by atoms with Gasteiger partial charge in [-0.3, -0.25) is 19.0 Å². The minimum absolute atomic E-state index is 0.0990. The highest BCUT2D eigenvalue weighted by molar-refractivity contribution is 5.80. The normalized spacial score (nSPS) is 31.4. The van der Waals surface area contributed by atoms with Crippen LogP contribution in [0.25, 0.3) is 11.0 Å². The van der Waals surface area contributed by atoms with Crippen LogP contribution in [0.5, 0.6) is 0 Å². The maximum atomic E-state index is 12.8. The summed E-state index contributed by atoms with van der Waals surface area (Å²) in [5.41, 5.74) is 0.0295. The quantitative estimate of drug-likeness (QED) is 0.839. The van der Waals surface area contributed by atoms with Crippen LogP contribution < -0.4 is 16.4 Å². The van der Waals surface area contributed by atoms with Gasteiger partial charge in [0.25, 0.3) is 0 Å². The van der Waals surface area contributed by atoms with Crippen LogP contribution in [-0.4, -0.2) is 21.1 Å². The van der Waals surface area contributed by atoms with Gasteiger partial charge in [0, 0.05) is 13.1 Å². The van der Waals surface area contributed by atoms with Crippen molar-refractivity contribution < 1.29 is 4.79 Å². The Morgan fingerprint density at radius 2 is 1.56 bits per heavy atom. The number of aromatic nitrogens is 2. The molecule has 1 aromatic heterocycles.